The molecule has 0 aliphatic carbocycles. The van der Waals surface area contributed by atoms with Gasteiger partial charge in [-0.25, -0.2) is 0 Å². The van der Waals surface area contributed by atoms with E-state index in [4.69, 9.17) is 9.47 Å². The van der Waals surface area contributed by atoms with Gasteiger partial charge in [0, 0.05) is 19.7 Å². The predicted octanol–water partition coefficient (Wildman–Crippen LogP) is 2.99. The lowest BCUT2D eigenvalue weighted by Crippen LogP contribution is -2.31. The minimum Gasteiger partial charge on any atom is -0.496 e. The van der Waals surface area contributed by atoms with Gasteiger partial charge in [-0.3, -0.25) is 0 Å². The van der Waals surface area contributed by atoms with E-state index in [1.807, 2.05) is 0 Å². The third kappa shape index (κ3) is 5.21. The maximum absolute atomic E-state index is 5.45. The first-order chi connectivity index (χ1) is 9.08. The molecule has 0 saturated heterocycles. The molecule has 1 rings (SSSR count). The molecule has 1 N–H and O–H groups in total. The molecule has 0 saturated carbocycles. The molecule has 1 aromatic rings. The summed E-state index contributed by atoms with van der Waals surface area (Å²) < 4.78 is 10.5. The molecule has 19 heavy (non-hydrogen) atoms. The van der Waals surface area contributed by atoms with Crippen molar-refractivity contribution in [2.24, 2.45) is 0 Å². The van der Waals surface area contributed by atoms with Gasteiger partial charge in [0.1, 0.15) is 5.75 Å². The molecule has 0 aromatic heterocycles. The van der Waals surface area contributed by atoms with Crippen molar-refractivity contribution < 1.29 is 9.47 Å². The molecule has 1 atom stereocenters. The van der Waals surface area contributed by atoms with Crippen LogP contribution < -0.4 is 10.1 Å². The van der Waals surface area contributed by atoms with E-state index in [1.165, 1.54) is 11.1 Å². The number of benzene rings is 1. The summed E-state index contributed by atoms with van der Waals surface area (Å²) in [5, 5.41) is 3.45. The molecule has 1 aromatic carbocycles. The molecule has 0 bridgehead atoms. The number of hydrogen-bond donors (Lipinski definition) is 1. The van der Waals surface area contributed by atoms with Crippen molar-refractivity contribution in [3.63, 3.8) is 0 Å². The molecule has 0 fully saturated rings. The van der Waals surface area contributed by atoms with E-state index in [1.54, 1.807) is 14.2 Å². The first kappa shape index (κ1) is 16.0. The Labute approximate surface area is 117 Å². The molecular weight excluding hydrogens is 238 g/mol. The Balaban J connectivity index is 2.71. The van der Waals surface area contributed by atoms with Crippen LogP contribution in [0.2, 0.25) is 0 Å². The van der Waals surface area contributed by atoms with Gasteiger partial charge >= 0.3 is 0 Å². The molecule has 0 aliphatic rings. The van der Waals surface area contributed by atoms with Crippen LogP contribution >= 0.6 is 0 Å². The molecule has 1 unspecified atom stereocenters. The van der Waals surface area contributed by atoms with Gasteiger partial charge in [0.15, 0.2) is 0 Å². The summed E-state index contributed by atoms with van der Waals surface area (Å²) in [4.78, 5) is 0. The van der Waals surface area contributed by atoms with Gasteiger partial charge in [0.2, 0.25) is 0 Å². The first-order valence-corrected chi connectivity index (χ1v) is 6.97. The fraction of sp³-hybridized carbons (Fsp3) is 0.625. The summed E-state index contributed by atoms with van der Waals surface area (Å²) in [6.07, 6.45) is 0.966. The summed E-state index contributed by atoms with van der Waals surface area (Å²) in [6.45, 7) is 8.24. The highest BCUT2D eigenvalue weighted by molar-refractivity contribution is 5.38. The van der Waals surface area contributed by atoms with Crippen LogP contribution in [0.25, 0.3) is 0 Å². The molecule has 0 heterocycles. The molecule has 0 aliphatic heterocycles. The van der Waals surface area contributed by atoms with Gasteiger partial charge in [0.25, 0.3) is 0 Å². The third-order valence-corrected chi connectivity index (χ3v) is 3.30. The maximum atomic E-state index is 5.45. The fourth-order valence-corrected chi connectivity index (χ4v) is 2.13. The predicted molar refractivity (Wildman–Crippen MR) is 80.1 cm³/mol. The Kier molecular flexibility index (Phi) is 6.89. The molecule has 3 nitrogen and oxygen atoms in total. The highest BCUT2D eigenvalue weighted by Gasteiger charge is 2.10. The minimum absolute atomic E-state index is 0.409. The van der Waals surface area contributed by atoms with Crippen LogP contribution in [0.1, 0.15) is 37.8 Å². The van der Waals surface area contributed by atoms with Gasteiger partial charge in [0.05, 0.1) is 13.7 Å². The van der Waals surface area contributed by atoms with E-state index in [-0.39, 0.29) is 0 Å². The summed E-state index contributed by atoms with van der Waals surface area (Å²) in [5.41, 5.74) is 2.63. The molecule has 108 valence electrons. The zero-order chi connectivity index (χ0) is 14.3. The topological polar surface area (TPSA) is 30.5 Å². The molecule has 0 amide bonds. The largest absolute Gasteiger partial charge is 0.496 e. The Morgan fingerprint density at radius 3 is 2.47 bits per heavy atom. The quantitative estimate of drug-likeness (QED) is 0.733. The monoisotopic (exact) mass is 265 g/mol. The molecule has 0 radical (unpaired) electrons. The Morgan fingerprint density at radius 2 is 1.89 bits per heavy atom. The highest BCUT2D eigenvalue weighted by atomic mass is 16.5. The average Bonchev–Trinajstić information content (AvgIpc) is 2.38. The van der Waals surface area contributed by atoms with Crippen LogP contribution in [0.5, 0.6) is 5.75 Å². The summed E-state index contributed by atoms with van der Waals surface area (Å²) in [7, 11) is 3.46. The third-order valence-electron chi connectivity index (χ3n) is 3.30. The Hall–Kier alpha value is -1.06. The van der Waals surface area contributed by atoms with Gasteiger partial charge in [-0.05, 0) is 36.5 Å². The second-order valence-electron chi connectivity index (χ2n) is 5.28. The van der Waals surface area contributed by atoms with Crippen molar-refractivity contribution in [2.75, 3.05) is 27.4 Å². The SMILES string of the molecule is COCCNC(C)Cc1cc(C(C)C)ccc1OC. The maximum Gasteiger partial charge on any atom is 0.122 e. The minimum atomic E-state index is 0.409. The molecule has 0 spiro atoms. The normalized spacial score (nSPS) is 12.7. The lowest BCUT2D eigenvalue weighted by atomic mass is 9.97. The zero-order valence-electron chi connectivity index (χ0n) is 12.8. The standard InChI is InChI=1S/C16H27NO2/c1-12(2)14-6-7-16(19-5)15(11-14)10-13(3)17-8-9-18-4/h6-7,11-13,17H,8-10H2,1-5H3. The average molecular weight is 265 g/mol. The van der Waals surface area contributed by atoms with Gasteiger partial charge in [-0.2, -0.15) is 0 Å². The van der Waals surface area contributed by atoms with Crippen molar-refractivity contribution in [1.29, 1.82) is 0 Å². The molecular formula is C16H27NO2. The lowest BCUT2D eigenvalue weighted by molar-refractivity contribution is 0.196. The van der Waals surface area contributed by atoms with Crippen molar-refractivity contribution in [2.45, 2.75) is 39.2 Å². The smallest absolute Gasteiger partial charge is 0.122 e. The number of ether oxygens (including phenoxy) is 2. The molecule has 3 heteroatoms. The van der Waals surface area contributed by atoms with Crippen LogP contribution in [-0.2, 0) is 11.2 Å². The van der Waals surface area contributed by atoms with Gasteiger partial charge in [-0.15, -0.1) is 0 Å². The van der Waals surface area contributed by atoms with Crippen LogP contribution in [-0.4, -0.2) is 33.4 Å². The number of rotatable bonds is 8. The summed E-state index contributed by atoms with van der Waals surface area (Å²) in [6, 6.07) is 6.90. The number of nitrogens with one attached hydrogen (secondary N) is 1. The van der Waals surface area contributed by atoms with E-state index in [0.717, 1.165) is 25.3 Å². The highest BCUT2D eigenvalue weighted by Crippen LogP contribution is 2.25. The Morgan fingerprint density at radius 1 is 1.16 bits per heavy atom. The van der Waals surface area contributed by atoms with E-state index in [9.17, 15) is 0 Å². The Bertz CT molecular complexity index is 377. The van der Waals surface area contributed by atoms with Gasteiger partial charge < -0.3 is 14.8 Å². The first-order valence-electron chi connectivity index (χ1n) is 6.97. The van der Waals surface area contributed by atoms with Crippen molar-refractivity contribution in [3.05, 3.63) is 29.3 Å². The number of hydrogen-bond acceptors (Lipinski definition) is 3. The second kappa shape index (κ2) is 8.18. The summed E-state index contributed by atoms with van der Waals surface area (Å²) in [5.74, 6) is 1.52. The van der Waals surface area contributed by atoms with Crippen LogP contribution in [0.4, 0.5) is 0 Å². The van der Waals surface area contributed by atoms with E-state index in [0.29, 0.717) is 12.0 Å². The van der Waals surface area contributed by atoms with Crippen LogP contribution in [0.15, 0.2) is 18.2 Å². The van der Waals surface area contributed by atoms with E-state index in [2.05, 4.69) is 44.3 Å². The van der Waals surface area contributed by atoms with Crippen LogP contribution in [0.3, 0.4) is 0 Å². The summed E-state index contributed by atoms with van der Waals surface area (Å²) >= 11 is 0. The lowest BCUT2D eigenvalue weighted by Gasteiger charge is -2.17. The number of methoxy groups -OCH3 is 2. The van der Waals surface area contributed by atoms with Gasteiger partial charge in [-0.1, -0.05) is 26.0 Å². The van der Waals surface area contributed by atoms with Crippen molar-refractivity contribution in [3.8, 4) is 5.75 Å². The van der Waals surface area contributed by atoms with Crippen molar-refractivity contribution >= 4 is 0 Å². The van der Waals surface area contributed by atoms with Crippen molar-refractivity contribution in [1.82, 2.24) is 5.32 Å². The van der Waals surface area contributed by atoms with Crippen LogP contribution in [0, 0.1) is 0 Å². The second-order valence-corrected chi connectivity index (χ2v) is 5.28. The zero-order valence-corrected chi connectivity index (χ0v) is 12.8. The van der Waals surface area contributed by atoms with E-state index >= 15 is 0 Å². The fourth-order valence-electron chi connectivity index (χ4n) is 2.13. The van der Waals surface area contributed by atoms with E-state index < -0.39 is 0 Å².